The van der Waals surface area contributed by atoms with Crippen LogP contribution in [0.15, 0.2) is 36.4 Å². The van der Waals surface area contributed by atoms with E-state index in [1.807, 2.05) is 6.07 Å². The summed E-state index contributed by atoms with van der Waals surface area (Å²) in [6.45, 7) is 13.1. The van der Waals surface area contributed by atoms with E-state index in [0.29, 0.717) is 0 Å². The Morgan fingerprint density at radius 2 is 1.43 bits per heavy atom. The molecular formula is C19H26N2. The molecule has 0 aliphatic heterocycles. The summed E-state index contributed by atoms with van der Waals surface area (Å²) in [6, 6.07) is 12.6. The van der Waals surface area contributed by atoms with E-state index in [0.717, 1.165) is 23.6 Å². The minimum Gasteiger partial charge on any atom is -0.237 e. The Labute approximate surface area is 128 Å². The molecule has 0 spiro atoms. The third-order valence-corrected chi connectivity index (χ3v) is 3.45. The maximum Gasteiger partial charge on any atom is 0.134 e. The van der Waals surface area contributed by atoms with Crippen LogP contribution in [0.25, 0.3) is 0 Å². The van der Waals surface area contributed by atoms with E-state index in [2.05, 4.69) is 71.9 Å². The first-order valence-corrected chi connectivity index (χ1v) is 7.59. The average Bonchev–Trinajstić information content (AvgIpc) is 2.37. The summed E-state index contributed by atoms with van der Waals surface area (Å²) in [4.78, 5) is 9.61. The lowest BCUT2D eigenvalue weighted by molar-refractivity contribution is 0.510. The van der Waals surface area contributed by atoms with E-state index >= 15 is 0 Å². The average molecular weight is 282 g/mol. The van der Waals surface area contributed by atoms with Crippen molar-refractivity contribution in [2.45, 2.75) is 58.8 Å². The molecule has 21 heavy (non-hydrogen) atoms. The lowest BCUT2D eigenvalue weighted by Crippen LogP contribution is -2.22. The van der Waals surface area contributed by atoms with Crippen LogP contribution in [0.1, 0.15) is 64.3 Å². The summed E-state index contributed by atoms with van der Waals surface area (Å²) in [5, 5.41) is 0. The van der Waals surface area contributed by atoms with Gasteiger partial charge in [0.05, 0.1) is 0 Å². The SMILES string of the molecule is CC(C)(C)c1cc(Cc2ccccc2)nc(C(C)(C)C)n1. The van der Waals surface area contributed by atoms with Gasteiger partial charge in [-0.05, 0) is 11.6 Å². The first kappa shape index (κ1) is 15.7. The molecule has 0 N–H and O–H groups in total. The lowest BCUT2D eigenvalue weighted by atomic mass is 9.89. The van der Waals surface area contributed by atoms with Crippen LogP contribution in [-0.2, 0) is 17.3 Å². The van der Waals surface area contributed by atoms with Gasteiger partial charge in [-0.2, -0.15) is 0 Å². The van der Waals surface area contributed by atoms with Crippen molar-refractivity contribution < 1.29 is 0 Å². The van der Waals surface area contributed by atoms with Crippen LogP contribution in [0.2, 0.25) is 0 Å². The summed E-state index contributed by atoms with van der Waals surface area (Å²) in [5.41, 5.74) is 3.51. The molecule has 2 heteroatoms. The van der Waals surface area contributed by atoms with Gasteiger partial charge in [-0.25, -0.2) is 9.97 Å². The minimum atomic E-state index is -0.0350. The predicted octanol–water partition coefficient (Wildman–Crippen LogP) is 4.66. The Morgan fingerprint density at radius 1 is 0.810 bits per heavy atom. The van der Waals surface area contributed by atoms with Gasteiger partial charge in [0.25, 0.3) is 0 Å². The maximum atomic E-state index is 4.81. The Bertz CT molecular complexity index is 569. The molecule has 112 valence electrons. The molecule has 0 fully saturated rings. The second-order valence-corrected chi connectivity index (χ2v) is 7.73. The molecule has 1 heterocycles. The molecular weight excluding hydrogens is 256 g/mol. The van der Waals surface area contributed by atoms with Gasteiger partial charge in [0.1, 0.15) is 5.82 Å². The zero-order valence-electron chi connectivity index (χ0n) is 14.1. The van der Waals surface area contributed by atoms with E-state index in [4.69, 9.17) is 9.97 Å². The van der Waals surface area contributed by atoms with E-state index in [1.54, 1.807) is 0 Å². The first-order chi connectivity index (χ1) is 9.66. The zero-order chi connectivity index (χ0) is 15.7. The normalized spacial score (nSPS) is 12.5. The van der Waals surface area contributed by atoms with Gasteiger partial charge in [0, 0.05) is 28.6 Å². The molecule has 0 unspecified atom stereocenters. The summed E-state index contributed by atoms with van der Waals surface area (Å²) in [6.07, 6.45) is 0.857. The highest BCUT2D eigenvalue weighted by Crippen LogP contribution is 2.25. The molecule has 0 saturated heterocycles. The largest absolute Gasteiger partial charge is 0.237 e. The Balaban J connectivity index is 2.45. The van der Waals surface area contributed by atoms with Crippen LogP contribution < -0.4 is 0 Å². The fourth-order valence-electron chi connectivity index (χ4n) is 2.11. The molecule has 0 aliphatic rings. The molecule has 0 atom stereocenters. The Kier molecular flexibility index (Phi) is 4.18. The first-order valence-electron chi connectivity index (χ1n) is 7.59. The van der Waals surface area contributed by atoms with E-state index in [1.165, 1.54) is 5.56 Å². The molecule has 0 saturated carbocycles. The Hall–Kier alpha value is -1.70. The summed E-state index contributed by atoms with van der Waals surface area (Å²) >= 11 is 0. The van der Waals surface area contributed by atoms with Gasteiger partial charge in [-0.15, -0.1) is 0 Å². The van der Waals surface area contributed by atoms with Gasteiger partial charge in [0.15, 0.2) is 0 Å². The van der Waals surface area contributed by atoms with Crippen LogP contribution in [0.4, 0.5) is 0 Å². The van der Waals surface area contributed by atoms with Crippen molar-refractivity contribution in [3.8, 4) is 0 Å². The Morgan fingerprint density at radius 3 is 1.95 bits per heavy atom. The van der Waals surface area contributed by atoms with Crippen molar-refractivity contribution in [3.63, 3.8) is 0 Å². The van der Waals surface area contributed by atoms with E-state index in [-0.39, 0.29) is 10.8 Å². The standard InChI is InChI=1S/C19H26N2/c1-18(2,3)16-13-15(12-14-10-8-7-9-11-14)20-17(21-16)19(4,5)6/h7-11,13H,12H2,1-6H3. The van der Waals surface area contributed by atoms with Crippen molar-refractivity contribution >= 4 is 0 Å². The minimum absolute atomic E-state index is 0.0350. The fourth-order valence-corrected chi connectivity index (χ4v) is 2.11. The molecule has 0 bridgehead atoms. The van der Waals surface area contributed by atoms with Gasteiger partial charge in [0.2, 0.25) is 0 Å². The summed E-state index contributed by atoms with van der Waals surface area (Å²) < 4.78 is 0. The lowest BCUT2D eigenvalue weighted by Gasteiger charge is -2.23. The number of hydrogen-bond donors (Lipinski definition) is 0. The van der Waals surface area contributed by atoms with Crippen LogP contribution in [0, 0.1) is 0 Å². The van der Waals surface area contributed by atoms with Gasteiger partial charge in [-0.3, -0.25) is 0 Å². The van der Waals surface area contributed by atoms with Crippen LogP contribution in [-0.4, -0.2) is 9.97 Å². The van der Waals surface area contributed by atoms with Gasteiger partial charge >= 0.3 is 0 Å². The topological polar surface area (TPSA) is 25.8 Å². The number of rotatable bonds is 2. The summed E-state index contributed by atoms with van der Waals surface area (Å²) in [5.74, 6) is 0.931. The molecule has 2 rings (SSSR count). The third-order valence-electron chi connectivity index (χ3n) is 3.45. The second-order valence-electron chi connectivity index (χ2n) is 7.73. The molecule has 2 nitrogen and oxygen atoms in total. The molecule has 1 aromatic heterocycles. The highest BCUT2D eigenvalue weighted by Gasteiger charge is 2.23. The van der Waals surface area contributed by atoms with Gasteiger partial charge in [-0.1, -0.05) is 71.9 Å². The van der Waals surface area contributed by atoms with Crippen LogP contribution >= 0.6 is 0 Å². The smallest absolute Gasteiger partial charge is 0.134 e. The van der Waals surface area contributed by atoms with E-state index < -0.39 is 0 Å². The van der Waals surface area contributed by atoms with Crippen LogP contribution in [0.3, 0.4) is 0 Å². The predicted molar refractivity (Wildman–Crippen MR) is 88.7 cm³/mol. The van der Waals surface area contributed by atoms with Gasteiger partial charge < -0.3 is 0 Å². The van der Waals surface area contributed by atoms with Crippen molar-refractivity contribution in [1.82, 2.24) is 9.97 Å². The number of benzene rings is 1. The quantitative estimate of drug-likeness (QED) is 0.800. The molecule has 2 aromatic rings. The van der Waals surface area contributed by atoms with Crippen molar-refractivity contribution in [2.24, 2.45) is 0 Å². The molecule has 0 aliphatic carbocycles. The van der Waals surface area contributed by atoms with Crippen molar-refractivity contribution in [2.75, 3.05) is 0 Å². The maximum absolute atomic E-state index is 4.81. The van der Waals surface area contributed by atoms with Crippen LogP contribution in [0.5, 0.6) is 0 Å². The molecule has 0 amide bonds. The molecule has 0 radical (unpaired) electrons. The van der Waals surface area contributed by atoms with E-state index in [9.17, 15) is 0 Å². The number of aromatic nitrogens is 2. The van der Waals surface area contributed by atoms with Crippen molar-refractivity contribution in [3.05, 3.63) is 59.2 Å². The number of nitrogens with zero attached hydrogens (tertiary/aromatic N) is 2. The monoisotopic (exact) mass is 282 g/mol. The zero-order valence-corrected chi connectivity index (χ0v) is 14.1. The van der Waals surface area contributed by atoms with Crippen molar-refractivity contribution in [1.29, 1.82) is 0 Å². The third kappa shape index (κ3) is 4.13. The fraction of sp³-hybridized carbons (Fsp3) is 0.474. The second kappa shape index (κ2) is 5.59. The summed E-state index contributed by atoms with van der Waals surface area (Å²) in [7, 11) is 0. The highest BCUT2D eigenvalue weighted by molar-refractivity contribution is 5.26. The molecule has 1 aromatic carbocycles. The highest BCUT2D eigenvalue weighted by atomic mass is 14.9. The number of hydrogen-bond acceptors (Lipinski definition) is 2.